The van der Waals surface area contributed by atoms with E-state index in [1.165, 1.54) is 0 Å². The molecule has 100 valence electrons. The average Bonchev–Trinajstić information content (AvgIpc) is 2.21. The number of benzene rings is 1. The maximum atomic E-state index is 13.1. The zero-order valence-electron chi connectivity index (χ0n) is 8.32. The van der Waals surface area contributed by atoms with E-state index in [0.29, 0.717) is 0 Å². The van der Waals surface area contributed by atoms with Gasteiger partial charge in [-0.2, -0.15) is 8.78 Å². The average molecular weight is 287 g/mol. The third-order valence-electron chi connectivity index (χ3n) is 1.77. The number of halogens is 4. The monoisotopic (exact) mass is 287 g/mol. The summed E-state index contributed by atoms with van der Waals surface area (Å²) in [6, 6.07) is 0.347. The van der Waals surface area contributed by atoms with Crippen LogP contribution in [-0.4, -0.2) is 25.3 Å². The van der Waals surface area contributed by atoms with Crippen LogP contribution >= 0.6 is 0 Å². The summed E-state index contributed by atoms with van der Waals surface area (Å²) >= 11 is 0. The summed E-state index contributed by atoms with van der Waals surface area (Å²) in [5, 5.41) is 8.50. The largest absolute Gasteiger partial charge is 0.478 e. The Morgan fingerprint density at radius 3 is 2.22 bits per heavy atom. The first-order valence-electron chi connectivity index (χ1n) is 4.17. The van der Waals surface area contributed by atoms with Crippen molar-refractivity contribution in [1.82, 2.24) is 0 Å². The summed E-state index contributed by atoms with van der Waals surface area (Å²) < 4.78 is 72.6. The molecule has 0 aliphatic carbocycles. The molecule has 0 radical (unpaired) electrons. The molecule has 0 amide bonds. The molecule has 2 N–H and O–H groups in total. The highest BCUT2D eigenvalue weighted by Crippen LogP contribution is 2.22. The molecule has 0 aromatic heterocycles. The fourth-order valence-electron chi connectivity index (χ4n) is 0.989. The molecule has 5 nitrogen and oxygen atoms in total. The number of alkyl halides is 2. The van der Waals surface area contributed by atoms with E-state index in [0.717, 1.165) is 4.72 Å². The van der Waals surface area contributed by atoms with Crippen molar-refractivity contribution in [3.05, 3.63) is 29.3 Å². The minimum Gasteiger partial charge on any atom is -0.478 e. The van der Waals surface area contributed by atoms with Crippen molar-refractivity contribution in [2.45, 2.75) is 5.76 Å². The molecule has 0 bridgehead atoms. The van der Waals surface area contributed by atoms with Gasteiger partial charge in [0.15, 0.2) is 0 Å². The SMILES string of the molecule is O=C(O)c1cc(NS(=O)(=O)C(F)F)c(F)cc1F. The smallest absolute Gasteiger partial charge is 0.355 e. The van der Waals surface area contributed by atoms with E-state index in [-0.39, 0.29) is 12.1 Å². The number of anilines is 1. The molecule has 0 fully saturated rings. The van der Waals surface area contributed by atoms with Crippen LogP contribution in [-0.2, 0) is 10.0 Å². The van der Waals surface area contributed by atoms with Gasteiger partial charge < -0.3 is 5.11 Å². The van der Waals surface area contributed by atoms with Gasteiger partial charge in [-0.15, -0.1) is 0 Å². The highest BCUT2D eigenvalue weighted by molar-refractivity contribution is 7.93. The van der Waals surface area contributed by atoms with Gasteiger partial charge in [-0.1, -0.05) is 0 Å². The van der Waals surface area contributed by atoms with Crippen LogP contribution in [0.25, 0.3) is 0 Å². The molecule has 18 heavy (non-hydrogen) atoms. The number of carboxylic acids is 1. The van der Waals surface area contributed by atoms with Crippen LogP contribution in [0.5, 0.6) is 0 Å². The van der Waals surface area contributed by atoms with Crippen LogP contribution in [0.1, 0.15) is 10.4 Å². The van der Waals surface area contributed by atoms with Crippen LogP contribution in [0.4, 0.5) is 23.2 Å². The number of hydrogen-bond acceptors (Lipinski definition) is 3. The first-order valence-corrected chi connectivity index (χ1v) is 5.72. The molecule has 1 aromatic carbocycles. The fraction of sp³-hybridized carbons (Fsp3) is 0.125. The molecule has 0 aliphatic rings. The summed E-state index contributed by atoms with van der Waals surface area (Å²) in [5.74, 6) is -8.61. The Morgan fingerprint density at radius 1 is 1.22 bits per heavy atom. The van der Waals surface area contributed by atoms with Gasteiger partial charge in [0, 0.05) is 6.07 Å². The van der Waals surface area contributed by atoms with E-state index in [4.69, 9.17) is 5.11 Å². The van der Waals surface area contributed by atoms with Crippen molar-refractivity contribution in [1.29, 1.82) is 0 Å². The Balaban J connectivity index is 3.27. The molecule has 0 heterocycles. The van der Waals surface area contributed by atoms with E-state index >= 15 is 0 Å². The normalized spacial score (nSPS) is 11.6. The van der Waals surface area contributed by atoms with Crippen LogP contribution in [0.3, 0.4) is 0 Å². The Kier molecular flexibility index (Phi) is 3.79. The van der Waals surface area contributed by atoms with Crippen molar-refractivity contribution in [3.8, 4) is 0 Å². The van der Waals surface area contributed by atoms with E-state index in [1.54, 1.807) is 0 Å². The van der Waals surface area contributed by atoms with Crippen molar-refractivity contribution in [3.63, 3.8) is 0 Å². The zero-order valence-corrected chi connectivity index (χ0v) is 9.14. The Labute approximate surface area is 98.1 Å². The maximum Gasteiger partial charge on any atom is 0.355 e. The number of sulfonamides is 1. The molecule has 1 rings (SSSR count). The van der Waals surface area contributed by atoms with Gasteiger partial charge in [0.2, 0.25) is 0 Å². The Hall–Kier alpha value is -1.84. The second kappa shape index (κ2) is 4.80. The minimum absolute atomic E-state index is 0.0762. The summed E-state index contributed by atoms with van der Waals surface area (Å²) in [7, 11) is -5.17. The molecule has 0 saturated carbocycles. The van der Waals surface area contributed by atoms with Crippen molar-refractivity contribution >= 4 is 21.7 Å². The van der Waals surface area contributed by atoms with Gasteiger partial charge in [0.05, 0.1) is 11.3 Å². The maximum absolute atomic E-state index is 13.1. The number of rotatable bonds is 4. The molecule has 0 aliphatic heterocycles. The van der Waals surface area contributed by atoms with Gasteiger partial charge in [-0.25, -0.2) is 22.0 Å². The second-order valence-electron chi connectivity index (χ2n) is 3.02. The third-order valence-corrected chi connectivity index (χ3v) is 2.75. The van der Waals surface area contributed by atoms with Crippen LogP contribution in [0, 0.1) is 11.6 Å². The molecule has 0 spiro atoms. The van der Waals surface area contributed by atoms with Crippen LogP contribution in [0.2, 0.25) is 0 Å². The van der Waals surface area contributed by atoms with E-state index in [2.05, 4.69) is 0 Å². The quantitative estimate of drug-likeness (QED) is 0.824. The van der Waals surface area contributed by atoms with Crippen LogP contribution < -0.4 is 4.72 Å². The van der Waals surface area contributed by atoms with Gasteiger partial charge >= 0.3 is 11.7 Å². The number of hydrogen-bond donors (Lipinski definition) is 2. The molecular weight excluding hydrogens is 282 g/mol. The third kappa shape index (κ3) is 2.88. The van der Waals surface area contributed by atoms with E-state index < -0.39 is 44.6 Å². The van der Waals surface area contributed by atoms with Crippen LogP contribution in [0.15, 0.2) is 12.1 Å². The lowest BCUT2D eigenvalue weighted by molar-refractivity contribution is 0.0692. The number of carboxylic acid groups (broad SMARTS) is 1. The molecule has 0 unspecified atom stereocenters. The van der Waals surface area contributed by atoms with Gasteiger partial charge in [0.25, 0.3) is 10.0 Å². The lowest BCUT2D eigenvalue weighted by atomic mass is 10.2. The van der Waals surface area contributed by atoms with Gasteiger partial charge in [-0.3, -0.25) is 4.72 Å². The van der Waals surface area contributed by atoms with Gasteiger partial charge in [-0.05, 0) is 6.07 Å². The standard InChI is InChI=1S/C8H5F4NO4S/c9-4-2-5(10)6(1-3(4)7(14)15)13-18(16,17)8(11)12/h1-2,8,13H,(H,14,15). The first kappa shape index (κ1) is 14.2. The van der Waals surface area contributed by atoms with Crippen molar-refractivity contribution < 1.29 is 35.9 Å². The summed E-state index contributed by atoms with van der Waals surface area (Å²) in [6.45, 7) is 0. The Bertz CT molecular complexity index is 587. The predicted molar refractivity (Wildman–Crippen MR) is 51.9 cm³/mol. The van der Waals surface area contributed by atoms with E-state index in [1.807, 2.05) is 0 Å². The predicted octanol–water partition coefficient (Wildman–Crippen LogP) is 1.63. The highest BCUT2D eigenvalue weighted by atomic mass is 32.2. The molecule has 0 saturated heterocycles. The lowest BCUT2D eigenvalue weighted by Gasteiger charge is -2.09. The molecule has 10 heteroatoms. The van der Waals surface area contributed by atoms with E-state index in [9.17, 15) is 30.8 Å². The zero-order chi connectivity index (χ0) is 14.1. The number of nitrogens with one attached hydrogen (secondary N) is 1. The number of carbonyl (C=O) groups is 1. The minimum atomic E-state index is -5.17. The molecule has 0 atom stereocenters. The van der Waals surface area contributed by atoms with Crippen molar-refractivity contribution in [2.24, 2.45) is 0 Å². The first-order chi connectivity index (χ1) is 8.15. The Morgan fingerprint density at radius 2 is 1.78 bits per heavy atom. The van der Waals surface area contributed by atoms with Crippen molar-refractivity contribution in [2.75, 3.05) is 4.72 Å². The highest BCUT2D eigenvalue weighted by Gasteiger charge is 2.26. The lowest BCUT2D eigenvalue weighted by Crippen LogP contribution is -2.21. The summed E-state index contributed by atoms with van der Waals surface area (Å²) in [6.07, 6.45) is 0. The summed E-state index contributed by atoms with van der Waals surface area (Å²) in [4.78, 5) is 10.5. The van der Waals surface area contributed by atoms with Gasteiger partial charge in [0.1, 0.15) is 11.6 Å². The number of aromatic carboxylic acids is 1. The topological polar surface area (TPSA) is 83.5 Å². The second-order valence-corrected chi connectivity index (χ2v) is 4.68. The fourth-order valence-corrected chi connectivity index (χ4v) is 1.54. The summed E-state index contributed by atoms with van der Waals surface area (Å²) in [5.41, 5.74) is -2.13. The molecular formula is C8H5F4NO4S. The molecule has 1 aromatic rings.